The normalized spacial score (nSPS) is 9.89. The van der Waals surface area contributed by atoms with Gasteiger partial charge in [0.25, 0.3) is 0 Å². The molecule has 0 spiro atoms. The van der Waals surface area contributed by atoms with Gasteiger partial charge >= 0.3 is 16.5 Å². The minimum Gasteiger partial charge on any atom is -0.396 e. The lowest BCUT2D eigenvalue weighted by Gasteiger charge is -1.85. The van der Waals surface area contributed by atoms with Crippen LogP contribution in [0.2, 0.25) is 0 Å². The van der Waals surface area contributed by atoms with Crippen molar-refractivity contribution in [3.05, 3.63) is 9.54 Å². The van der Waals surface area contributed by atoms with Crippen LogP contribution in [0.5, 0.6) is 0 Å². The highest BCUT2D eigenvalue weighted by atomic mass is 32.1. The van der Waals surface area contributed by atoms with Crippen molar-refractivity contribution >= 4 is 40.9 Å². The molecule has 6 heteroatoms. The zero-order valence-corrected chi connectivity index (χ0v) is 8.84. The van der Waals surface area contributed by atoms with Gasteiger partial charge in [0.05, 0.1) is 0 Å². The molecule has 48 valence electrons. The zero-order valence-electron chi connectivity index (χ0n) is 5.21. The van der Waals surface area contributed by atoms with Crippen molar-refractivity contribution < 1.29 is 0 Å². The van der Waals surface area contributed by atoms with E-state index >= 15 is 0 Å². The summed E-state index contributed by atoms with van der Waals surface area (Å²) < 4.78 is 5.11. The summed E-state index contributed by atoms with van der Waals surface area (Å²) in [7, 11) is 1.85. The Labute approximate surface area is 70.9 Å². The van der Waals surface area contributed by atoms with Gasteiger partial charge in [0.2, 0.25) is 0 Å². The first-order valence-corrected chi connectivity index (χ1v) is 4.16. The number of aromatic nitrogens is 3. The standard InChI is InChI=1S/C3H5N3S2.Al.2H/c1-6-3(8)4-2(7)5-6;;;/h1H3,(H2,4,5,7,8);;;/q;+1;;/p-1. The molecule has 0 fully saturated rings. The number of aromatic amines is 1. The van der Waals surface area contributed by atoms with Gasteiger partial charge in [-0.3, -0.25) is 9.78 Å². The van der Waals surface area contributed by atoms with E-state index < -0.39 is 0 Å². The van der Waals surface area contributed by atoms with Gasteiger partial charge in [-0.25, -0.2) is 0 Å². The quantitative estimate of drug-likeness (QED) is 0.444. The van der Waals surface area contributed by atoms with Gasteiger partial charge in [-0.15, -0.1) is 0 Å². The first-order chi connectivity index (χ1) is 4.13. The Kier molecular flexibility index (Phi) is 1.92. The number of nitrogens with zero attached hydrogens (tertiary/aromatic N) is 2. The van der Waals surface area contributed by atoms with Gasteiger partial charge in [-0.2, -0.15) is 0 Å². The highest BCUT2D eigenvalue weighted by Gasteiger charge is 1.89. The first-order valence-electron chi connectivity index (χ1n) is 2.45. The third-order valence-corrected chi connectivity index (χ3v) is 3.57. The van der Waals surface area contributed by atoms with Crippen molar-refractivity contribution in [3.8, 4) is 0 Å². The summed E-state index contributed by atoms with van der Waals surface area (Å²) in [5.41, 5.74) is 0. The maximum Gasteiger partial charge on any atom is 0.377 e. The van der Waals surface area contributed by atoms with Gasteiger partial charge < -0.3 is 3.55 Å². The van der Waals surface area contributed by atoms with Crippen LogP contribution in [0.15, 0.2) is 0 Å². The van der Waals surface area contributed by atoms with E-state index in [9.17, 15) is 0 Å². The summed E-state index contributed by atoms with van der Waals surface area (Å²) >= 11 is 10.7. The Morgan fingerprint density at radius 1 is 1.56 bits per heavy atom. The minimum atomic E-state index is 0.717. The largest absolute Gasteiger partial charge is 0.396 e. The lowest BCUT2D eigenvalue weighted by molar-refractivity contribution is 0.749. The molecule has 0 aliphatic rings. The number of rotatable bonds is 0. The van der Waals surface area contributed by atoms with E-state index in [4.69, 9.17) is 24.4 Å². The fourth-order valence-electron chi connectivity index (χ4n) is 0.578. The van der Waals surface area contributed by atoms with E-state index in [0.717, 1.165) is 21.3 Å². The van der Waals surface area contributed by atoms with E-state index in [1.807, 2.05) is 10.6 Å². The van der Waals surface area contributed by atoms with Crippen LogP contribution in [0.1, 0.15) is 0 Å². The molecule has 1 rings (SSSR count). The van der Waals surface area contributed by atoms with Crippen LogP contribution in [-0.2, 0) is 7.05 Å². The summed E-state index contributed by atoms with van der Waals surface area (Å²) in [4.78, 5) is 0. The first kappa shape index (κ1) is 7.22. The number of aryl methyl sites for hydroxylation is 1. The maximum atomic E-state index is 4.98. The van der Waals surface area contributed by atoms with E-state index in [-0.39, 0.29) is 0 Å². The highest BCUT2D eigenvalue weighted by molar-refractivity contribution is 7.72. The Hall–Kier alpha value is 0.112. The molecule has 9 heavy (non-hydrogen) atoms. The molecule has 0 saturated heterocycles. The van der Waals surface area contributed by atoms with E-state index in [2.05, 4.69) is 5.10 Å². The third-order valence-electron chi connectivity index (χ3n) is 1.14. The molecule has 1 aromatic rings. The van der Waals surface area contributed by atoms with Crippen LogP contribution >= 0.6 is 24.4 Å². The maximum absolute atomic E-state index is 4.98. The van der Waals surface area contributed by atoms with Gasteiger partial charge in [0.15, 0.2) is 9.54 Å². The van der Waals surface area contributed by atoms with E-state index in [1.165, 1.54) is 0 Å². The van der Waals surface area contributed by atoms with Crippen LogP contribution < -0.4 is 0 Å². The molecule has 0 aliphatic carbocycles. The lowest BCUT2D eigenvalue weighted by Crippen LogP contribution is -1.93. The average molecular weight is 175 g/mol. The van der Waals surface area contributed by atoms with Crippen LogP contribution in [-0.4, -0.2) is 29.8 Å². The van der Waals surface area contributed by atoms with Crippen molar-refractivity contribution in [1.82, 2.24) is 13.3 Å². The molecule has 0 aromatic carbocycles. The van der Waals surface area contributed by atoms with Crippen molar-refractivity contribution in [2.24, 2.45) is 7.05 Å². The van der Waals surface area contributed by atoms with Gasteiger partial charge in [-0.05, 0) is 24.4 Å². The Bertz CT molecular complexity index is 319. The summed E-state index contributed by atoms with van der Waals surface area (Å²) in [6, 6.07) is 0. The van der Waals surface area contributed by atoms with E-state index in [1.54, 1.807) is 4.68 Å². The lowest BCUT2D eigenvalue weighted by atomic mass is 11.2. The molecular formula is C3H6AlN3S2. The molecule has 0 radical (unpaired) electrons. The van der Waals surface area contributed by atoms with Crippen molar-refractivity contribution in [2.45, 2.75) is 0 Å². The Balaban J connectivity index is 3.68. The summed E-state index contributed by atoms with van der Waals surface area (Å²) in [5, 5.41) is 2.90. The second kappa shape index (κ2) is 2.39. The van der Waals surface area contributed by atoms with Gasteiger partial charge in [0.1, 0.15) is 0 Å². The predicted octanol–water partition coefficient (Wildman–Crippen LogP) is 0.00988. The number of hydrogen-bond donors (Lipinski definition) is 1. The number of nitrogens with one attached hydrogen (secondary N) is 1. The third kappa shape index (κ3) is 1.17. The Morgan fingerprint density at radius 3 is 2.22 bits per heavy atom. The topological polar surface area (TPSA) is 25.6 Å². The monoisotopic (exact) mass is 175 g/mol. The molecule has 1 N–H and O–H groups in total. The second-order valence-electron chi connectivity index (χ2n) is 1.82. The zero-order chi connectivity index (χ0) is 7.02. The van der Waals surface area contributed by atoms with Crippen LogP contribution in [0.25, 0.3) is 0 Å². The molecule has 0 amide bonds. The van der Waals surface area contributed by atoms with Crippen molar-refractivity contribution in [1.29, 1.82) is 0 Å². The van der Waals surface area contributed by atoms with Crippen LogP contribution in [0, 0.1) is 9.54 Å². The Morgan fingerprint density at radius 2 is 2.11 bits per heavy atom. The molecule has 1 heterocycles. The molecular weight excluding hydrogens is 169 g/mol. The number of H-pyrrole nitrogens is 1. The minimum absolute atomic E-state index is 0.717. The summed E-state index contributed by atoms with van der Waals surface area (Å²) in [6.07, 6.45) is 0. The summed E-state index contributed by atoms with van der Waals surface area (Å²) in [5.74, 6) is 0. The molecule has 0 unspecified atom stereocenters. The van der Waals surface area contributed by atoms with Crippen molar-refractivity contribution in [3.63, 3.8) is 0 Å². The molecule has 1 aromatic heterocycles. The predicted molar refractivity (Wildman–Crippen MR) is 43.4 cm³/mol. The molecule has 0 aliphatic heterocycles. The van der Waals surface area contributed by atoms with Gasteiger partial charge in [0, 0.05) is 7.05 Å². The van der Waals surface area contributed by atoms with Crippen LogP contribution in [0.3, 0.4) is 0 Å². The molecule has 0 atom stereocenters. The number of hydrogen-bond acceptors (Lipinski definition) is 2. The van der Waals surface area contributed by atoms with E-state index in [0.29, 0.717) is 4.77 Å². The highest BCUT2D eigenvalue weighted by Crippen LogP contribution is 1.87. The van der Waals surface area contributed by atoms with Crippen molar-refractivity contribution in [2.75, 3.05) is 0 Å². The van der Waals surface area contributed by atoms with Crippen LogP contribution in [0.4, 0.5) is 0 Å². The SMILES string of the molecule is Cn1[nH]c(=S)[n]([AlH2])c1=S. The smallest absolute Gasteiger partial charge is 0.377 e. The average Bonchev–Trinajstić information content (AvgIpc) is 1.98. The fraction of sp³-hybridized carbons (Fsp3) is 0.333. The molecule has 3 nitrogen and oxygen atoms in total. The summed E-state index contributed by atoms with van der Waals surface area (Å²) in [6.45, 7) is 0. The second-order valence-corrected chi connectivity index (χ2v) is 3.46. The molecule has 0 bridgehead atoms. The van der Waals surface area contributed by atoms with Gasteiger partial charge in [-0.1, -0.05) is 0 Å². The molecule has 0 saturated carbocycles. The fourth-order valence-corrected chi connectivity index (χ4v) is 1.40.